The number of carbonyl (C=O) groups excluding carboxylic acids is 3. The normalized spacial score (nSPS) is 36.5. The van der Waals surface area contributed by atoms with Gasteiger partial charge in [0.05, 0.1) is 35.9 Å². The lowest BCUT2D eigenvalue weighted by Crippen LogP contribution is -2.58. The van der Waals surface area contributed by atoms with Gasteiger partial charge in [-0.1, -0.05) is 52.5 Å². The van der Waals surface area contributed by atoms with Crippen molar-refractivity contribution in [1.82, 2.24) is 14.8 Å². The second-order valence-electron chi connectivity index (χ2n) is 17.7. The number of esters is 1. The van der Waals surface area contributed by atoms with Crippen molar-refractivity contribution in [1.29, 1.82) is 0 Å². The number of nitrogens with one attached hydrogen (secondary N) is 1. The number of cyclic esters (lactones) is 1. The van der Waals surface area contributed by atoms with Crippen molar-refractivity contribution in [2.24, 2.45) is 39.2 Å². The third kappa shape index (κ3) is 9.48. The van der Waals surface area contributed by atoms with E-state index in [1.807, 2.05) is 70.1 Å². The highest BCUT2D eigenvalue weighted by Gasteiger charge is 2.60. The number of thiophene rings is 1. The molecule has 2 aromatic heterocycles. The topological polar surface area (TPSA) is 164 Å². The third-order valence-corrected chi connectivity index (χ3v) is 13.8. The summed E-state index contributed by atoms with van der Waals surface area (Å²) in [5, 5.41) is 16.0. The van der Waals surface area contributed by atoms with Gasteiger partial charge in [0.1, 0.15) is 23.9 Å². The molecule has 1 amide bonds. The van der Waals surface area contributed by atoms with Gasteiger partial charge in [0.25, 0.3) is 0 Å². The highest BCUT2D eigenvalue weighted by Crippen LogP contribution is 2.46. The van der Waals surface area contributed by atoms with Crippen molar-refractivity contribution in [3.63, 3.8) is 0 Å². The molecule has 6 heterocycles. The molecule has 4 aliphatic heterocycles. The Hall–Kier alpha value is -4.20. The molecule has 3 fully saturated rings. The van der Waals surface area contributed by atoms with Crippen LogP contribution in [0.1, 0.15) is 90.8 Å². The summed E-state index contributed by atoms with van der Waals surface area (Å²) in [4.78, 5) is 57.0. The van der Waals surface area contributed by atoms with Crippen LogP contribution in [0.3, 0.4) is 0 Å². The average Bonchev–Trinajstić information content (AvgIpc) is 3.70. The molecular weight excluding hydrogens is 785 g/mol. The van der Waals surface area contributed by atoms with Gasteiger partial charge < -0.3 is 29.0 Å². The molecule has 0 aliphatic carbocycles. The van der Waals surface area contributed by atoms with Crippen LogP contribution in [0.4, 0.5) is 10.6 Å². The molecule has 3 saturated heterocycles. The standard InChI is InChI=1S/C45H62N6O8S/c1-11-34-45(8)39-28(4)36(47-21-22-51(39)43(55)59-45)26(2)24-44(7,19-14-15-31-17-18-32(60-31)25-48-49-35-16-12-13-20-46-35)40(29(5)37(52)30(6)41(54)57-34)58-42-38(53)33(50(9)10)23-27(3)56-42/h12-13,16-18,20,25-30,33-34,38-40,42,53H,11,19,21-24H2,1-10H3,(H,46,49)/b48-25+/t26-,27-,28+,29+,30-,33+,34-,38-,39-,40-,42+,44+,45-/m1/s1. The lowest BCUT2D eigenvalue weighted by molar-refractivity contribution is -0.286. The molecule has 6 rings (SSSR count). The average molecular weight is 847 g/mol. The quantitative estimate of drug-likeness (QED) is 0.105. The molecule has 0 unspecified atom stereocenters. The molecule has 2 N–H and O–H groups in total. The van der Waals surface area contributed by atoms with Crippen molar-refractivity contribution in [3.8, 4) is 11.8 Å². The van der Waals surface area contributed by atoms with Crippen molar-refractivity contribution in [2.75, 3.05) is 32.6 Å². The number of aliphatic imine (C=N–C) groups is 1. The van der Waals surface area contributed by atoms with Gasteiger partial charge in [-0.3, -0.25) is 24.9 Å². The number of ether oxygens (including phenoxy) is 4. The summed E-state index contributed by atoms with van der Waals surface area (Å²) in [6, 6.07) is 8.72. The third-order valence-electron chi connectivity index (χ3n) is 12.9. The van der Waals surface area contributed by atoms with E-state index in [-0.39, 0.29) is 29.8 Å². The van der Waals surface area contributed by atoms with Gasteiger partial charge in [-0.05, 0) is 84.3 Å². The Morgan fingerprint density at radius 3 is 2.58 bits per heavy atom. The van der Waals surface area contributed by atoms with Crippen molar-refractivity contribution >= 4 is 46.9 Å². The van der Waals surface area contributed by atoms with E-state index >= 15 is 0 Å². The number of hydrazone groups is 1. The van der Waals surface area contributed by atoms with Crippen LogP contribution >= 0.6 is 11.3 Å². The Morgan fingerprint density at radius 1 is 1.12 bits per heavy atom. The number of likely N-dealkylation sites (N-methyl/N-ethyl adjacent to an activating group) is 1. The minimum Gasteiger partial charge on any atom is -0.458 e. The van der Waals surface area contributed by atoms with E-state index in [2.05, 4.69) is 48.1 Å². The van der Waals surface area contributed by atoms with Crippen molar-refractivity contribution in [2.45, 2.75) is 129 Å². The number of ketones is 1. The number of amides is 1. The van der Waals surface area contributed by atoms with Crippen molar-refractivity contribution in [3.05, 3.63) is 46.3 Å². The van der Waals surface area contributed by atoms with E-state index in [4.69, 9.17) is 23.9 Å². The number of aromatic nitrogens is 1. The number of aliphatic hydroxyl groups is 1. The Bertz CT molecular complexity index is 1980. The lowest BCUT2D eigenvalue weighted by Gasteiger charge is -2.47. The molecule has 2 bridgehead atoms. The smallest absolute Gasteiger partial charge is 0.410 e. The lowest BCUT2D eigenvalue weighted by atomic mass is 9.66. The summed E-state index contributed by atoms with van der Waals surface area (Å²) in [5.41, 5.74) is 1.80. The summed E-state index contributed by atoms with van der Waals surface area (Å²) < 4.78 is 25.6. The van der Waals surface area contributed by atoms with Gasteiger partial charge in [0, 0.05) is 53.0 Å². The first kappa shape index (κ1) is 45.3. The molecule has 0 aromatic carbocycles. The largest absolute Gasteiger partial charge is 0.458 e. The van der Waals surface area contributed by atoms with E-state index < -0.39 is 65.6 Å². The van der Waals surface area contributed by atoms with E-state index in [0.717, 1.165) is 15.5 Å². The molecule has 2 aromatic rings. The fourth-order valence-electron chi connectivity index (χ4n) is 9.88. The minimum atomic E-state index is -1.18. The van der Waals surface area contributed by atoms with Gasteiger partial charge in [-0.25, -0.2) is 9.78 Å². The Morgan fingerprint density at radius 2 is 1.88 bits per heavy atom. The second-order valence-corrected chi connectivity index (χ2v) is 18.8. The number of nitrogens with zero attached hydrogens (tertiary/aromatic N) is 5. The van der Waals surface area contributed by atoms with Crippen LogP contribution in [0.2, 0.25) is 0 Å². The zero-order valence-corrected chi connectivity index (χ0v) is 37.4. The van der Waals surface area contributed by atoms with Gasteiger partial charge in [0.15, 0.2) is 17.7 Å². The summed E-state index contributed by atoms with van der Waals surface area (Å²) in [6.07, 6.45) is 0.727. The molecule has 14 nitrogen and oxygen atoms in total. The zero-order chi connectivity index (χ0) is 43.5. The molecule has 60 heavy (non-hydrogen) atoms. The minimum absolute atomic E-state index is 0.162. The van der Waals surface area contributed by atoms with E-state index in [9.17, 15) is 19.5 Å². The monoisotopic (exact) mass is 846 g/mol. The predicted molar refractivity (Wildman–Crippen MR) is 231 cm³/mol. The number of rotatable bonds is 8. The summed E-state index contributed by atoms with van der Waals surface area (Å²) >= 11 is 1.49. The van der Waals surface area contributed by atoms with Crippen LogP contribution in [-0.2, 0) is 28.5 Å². The van der Waals surface area contributed by atoms with E-state index in [1.54, 1.807) is 31.2 Å². The zero-order valence-electron chi connectivity index (χ0n) is 36.6. The maximum atomic E-state index is 14.7. The Balaban J connectivity index is 1.40. The SMILES string of the molecule is CC[C@H]1OC(=O)[C@H](C)C(=O)[C@H](C)[C@@H](O[C@@H]2O[C@H](C)C[C@H](N(C)C)[C@H]2O)[C@@](C)(CC#Cc2ccc(/C=N/Nc3ccccn3)s2)C[C@@H](C)C2=NCCN3C(=O)O[C@@]1(C)[C@H]3[C@H]2C. The van der Waals surface area contributed by atoms with Gasteiger partial charge in [-0.15, -0.1) is 11.3 Å². The highest BCUT2D eigenvalue weighted by molar-refractivity contribution is 7.14. The van der Waals surface area contributed by atoms with Gasteiger partial charge in [0.2, 0.25) is 0 Å². The molecule has 0 saturated carbocycles. The first-order valence-electron chi connectivity index (χ1n) is 21.2. The first-order valence-corrected chi connectivity index (χ1v) is 22.0. The fraction of sp³-hybridized carbons (Fsp3) is 0.644. The van der Waals surface area contributed by atoms with E-state index in [1.165, 1.54) is 11.3 Å². The van der Waals surface area contributed by atoms with Crippen molar-refractivity contribution < 1.29 is 38.4 Å². The molecular formula is C45H62N6O8S. The summed E-state index contributed by atoms with van der Waals surface area (Å²) in [6.45, 7) is 16.0. The van der Waals surface area contributed by atoms with Crippen LogP contribution < -0.4 is 5.43 Å². The molecule has 326 valence electrons. The number of hydrogen-bond donors (Lipinski definition) is 2. The van der Waals surface area contributed by atoms with Crippen LogP contribution in [0.15, 0.2) is 46.6 Å². The van der Waals surface area contributed by atoms with E-state index in [0.29, 0.717) is 44.6 Å². The number of aliphatic hydroxyl groups excluding tert-OH is 1. The molecule has 4 aliphatic rings. The second kappa shape index (κ2) is 18.8. The molecule has 15 heteroatoms. The van der Waals surface area contributed by atoms with Crippen LogP contribution in [0, 0.1) is 40.9 Å². The number of anilines is 1. The molecule has 0 spiro atoms. The number of pyridine rings is 1. The first-order chi connectivity index (χ1) is 28.5. The molecule has 0 radical (unpaired) electrons. The van der Waals surface area contributed by atoms with Crippen LogP contribution in [-0.4, -0.2) is 125 Å². The maximum Gasteiger partial charge on any atom is 0.410 e. The predicted octanol–water partition coefficient (Wildman–Crippen LogP) is 6.02. The number of Topliss-reactive ketones (excluding diaryl/α,β-unsaturated/α-hetero) is 1. The summed E-state index contributed by atoms with van der Waals surface area (Å²) in [7, 11) is 3.83. The fourth-order valence-corrected chi connectivity index (χ4v) is 10.6. The molecule has 13 atom stereocenters. The van der Waals surface area contributed by atoms with Gasteiger partial charge in [-0.2, -0.15) is 5.10 Å². The number of fused-ring (bicyclic) bond motifs is 1. The highest BCUT2D eigenvalue weighted by atomic mass is 32.1. The van der Waals surface area contributed by atoms with Gasteiger partial charge >= 0.3 is 12.1 Å². The number of hydrogen-bond acceptors (Lipinski definition) is 14. The van der Waals surface area contributed by atoms with Crippen LogP contribution in [0.5, 0.6) is 0 Å². The Labute approximate surface area is 358 Å². The van der Waals surface area contributed by atoms with Crippen LogP contribution in [0.25, 0.3) is 0 Å². The Kier molecular flexibility index (Phi) is 14.2. The number of carbonyl (C=O) groups is 3. The maximum absolute atomic E-state index is 14.7. The summed E-state index contributed by atoms with van der Waals surface area (Å²) in [5.74, 6) is 3.92.